The largest absolute Gasteiger partial charge is 0.299 e. The molecule has 3 heteroatoms. The van der Waals surface area contributed by atoms with Crippen LogP contribution in [-0.4, -0.2) is 6.54 Å². The lowest BCUT2D eigenvalue weighted by Crippen LogP contribution is -2.21. The number of hydrogen-bond acceptors (Lipinski definition) is 1. The summed E-state index contributed by atoms with van der Waals surface area (Å²) in [6, 6.07) is 3.41. The Kier molecular flexibility index (Phi) is 4.26. The fraction of sp³-hybridized carbons (Fsp3) is 0.333. The highest BCUT2D eigenvalue weighted by molar-refractivity contribution is 5.22. The van der Waals surface area contributed by atoms with Crippen LogP contribution in [0.3, 0.4) is 0 Å². The van der Waals surface area contributed by atoms with E-state index in [1.807, 2.05) is 6.92 Å². The van der Waals surface area contributed by atoms with Gasteiger partial charge < -0.3 is 0 Å². The van der Waals surface area contributed by atoms with Gasteiger partial charge in [-0.25, -0.2) is 8.78 Å². The number of nitrogens with one attached hydrogen (secondary N) is 1. The van der Waals surface area contributed by atoms with Gasteiger partial charge in [0.05, 0.1) is 6.54 Å². The van der Waals surface area contributed by atoms with Crippen molar-refractivity contribution in [3.63, 3.8) is 0 Å². The summed E-state index contributed by atoms with van der Waals surface area (Å²) in [7, 11) is 0. The van der Waals surface area contributed by atoms with E-state index in [0.717, 1.165) is 6.07 Å². The van der Waals surface area contributed by atoms with Gasteiger partial charge in [-0.3, -0.25) is 5.32 Å². The van der Waals surface area contributed by atoms with Gasteiger partial charge in [0, 0.05) is 17.7 Å². The topological polar surface area (TPSA) is 12.0 Å². The normalized spacial score (nSPS) is 12.1. The van der Waals surface area contributed by atoms with E-state index in [1.54, 1.807) is 0 Å². The highest BCUT2D eigenvalue weighted by Gasteiger charge is 2.13. The van der Waals surface area contributed by atoms with Crippen molar-refractivity contribution in [1.29, 1.82) is 0 Å². The third kappa shape index (κ3) is 3.03. The van der Waals surface area contributed by atoms with E-state index in [2.05, 4.69) is 11.2 Å². The molecule has 0 aliphatic rings. The Morgan fingerprint density at radius 2 is 2.20 bits per heavy atom. The molecule has 1 N–H and O–H groups in total. The molecule has 1 nitrogen and oxygen atoms in total. The maximum atomic E-state index is 13.4. The predicted molar refractivity (Wildman–Crippen MR) is 56.2 cm³/mol. The van der Waals surface area contributed by atoms with Crippen LogP contribution >= 0.6 is 0 Å². The van der Waals surface area contributed by atoms with E-state index < -0.39 is 11.6 Å². The van der Waals surface area contributed by atoms with Crippen LogP contribution in [0.4, 0.5) is 8.78 Å². The Labute approximate surface area is 88.5 Å². The molecule has 0 spiro atoms. The van der Waals surface area contributed by atoms with Gasteiger partial charge in [0.1, 0.15) is 11.6 Å². The van der Waals surface area contributed by atoms with E-state index >= 15 is 0 Å². The maximum absolute atomic E-state index is 13.4. The van der Waals surface area contributed by atoms with E-state index in [-0.39, 0.29) is 6.04 Å². The molecule has 1 unspecified atom stereocenters. The first-order valence-electron chi connectivity index (χ1n) is 4.80. The molecule has 0 bridgehead atoms. The summed E-state index contributed by atoms with van der Waals surface area (Å²) >= 11 is 0. The van der Waals surface area contributed by atoms with Gasteiger partial charge in [-0.1, -0.05) is 18.9 Å². The highest BCUT2D eigenvalue weighted by Crippen LogP contribution is 2.20. The van der Waals surface area contributed by atoms with E-state index in [9.17, 15) is 8.78 Å². The average Bonchev–Trinajstić information content (AvgIpc) is 2.21. The standard InChI is InChI=1S/C12H13F2N/c1-3-7-15-12(4-2)10-6-5-9(13)8-11(10)14/h1,5-6,8,12,15H,4,7H2,2H3. The Bertz CT molecular complexity index is 368. The third-order valence-electron chi connectivity index (χ3n) is 2.20. The molecule has 80 valence electrons. The minimum absolute atomic E-state index is 0.165. The molecule has 1 aromatic carbocycles. The second-order valence-corrected chi connectivity index (χ2v) is 3.21. The van der Waals surface area contributed by atoms with Gasteiger partial charge in [-0.2, -0.15) is 0 Å². The van der Waals surface area contributed by atoms with Gasteiger partial charge in [-0.15, -0.1) is 6.42 Å². The van der Waals surface area contributed by atoms with Crippen molar-refractivity contribution in [2.24, 2.45) is 0 Å². The Morgan fingerprint density at radius 1 is 1.47 bits per heavy atom. The average molecular weight is 209 g/mol. The SMILES string of the molecule is C#CCNC(CC)c1ccc(F)cc1F. The molecular weight excluding hydrogens is 196 g/mol. The number of halogens is 2. The molecule has 0 radical (unpaired) electrons. The molecule has 1 atom stereocenters. The van der Waals surface area contributed by atoms with Crippen molar-refractivity contribution >= 4 is 0 Å². The molecule has 0 saturated carbocycles. The molecule has 15 heavy (non-hydrogen) atoms. The smallest absolute Gasteiger partial charge is 0.130 e. The monoisotopic (exact) mass is 209 g/mol. The van der Waals surface area contributed by atoms with Crippen LogP contribution in [0.2, 0.25) is 0 Å². The first-order chi connectivity index (χ1) is 7.19. The van der Waals surface area contributed by atoms with Crippen molar-refractivity contribution in [2.45, 2.75) is 19.4 Å². The van der Waals surface area contributed by atoms with Gasteiger partial charge >= 0.3 is 0 Å². The minimum Gasteiger partial charge on any atom is -0.299 e. The molecule has 1 rings (SSSR count). The van der Waals surface area contributed by atoms with Crippen LogP contribution in [0.1, 0.15) is 24.9 Å². The van der Waals surface area contributed by atoms with Crippen LogP contribution in [0.5, 0.6) is 0 Å². The Balaban J connectivity index is 2.87. The molecule has 1 aromatic rings. The lowest BCUT2D eigenvalue weighted by molar-refractivity contribution is 0.504. The van der Waals surface area contributed by atoms with Crippen LogP contribution in [0.25, 0.3) is 0 Å². The van der Waals surface area contributed by atoms with E-state index in [0.29, 0.717) is 18.5 Å². The van der Waals surface area contributed by atoms with Crippen molar-refractivity contribution in [3.8, 4) is 12.3 Å². The third-order valence-corrected chi connectivity index (χ3v) is 2.20. The van der Waals surface area contributed by atoms with E-state index in [1.165, 1.54) is 12.1 Å². The number of terminal acetylenes is 1. The zero-order valence-electron chi connectivity index (χ0n) is 8.56. The Hall–Kier alpha value is -1.40. The summed E-state index contributed by atoms with van der Waals surface area (Å²) in [5.41, 5.74) is 0.453. The summed E-state index contributed by atoms with van der Waals surface area (Å²) < 4.78 is 26.1. The second-order valence-electron chi connectivity index (χ2n) is 3.21. The lowest BCUT2D eigenvalue weighted by Gasteiger charge is -2.16. The number of hydrogen-bond donors (Lipinski definition) is 1. The van der Waals surface area contributed by atoms with Crippen LogP contribution in [0.15, 0.2) is 18.2 Å². The molecule has 0 amide bonds. The zero-order chi connectivity index (χ0) is 11.3. The summed E-state index contributed by atoms with van der Waals surface area (Å²) in [6.07, 6.45) is 5.80. The molecule has 0 aliphatic heterocycles. The lowest BCUT2D eigenvalue weighted by atomic mass is 10.0. The first-order valence-corrected chi connectivity index (χ1v) is 4.80. The summed E-state index contributed by atoms with van der Waals surface area (Å²) in [4.78, 5) is 0. The van der Waals surface area contributed by atoms with Crippen molar-refractivity contribution in [1.82, 2.24) is 5.32 Å². The zero-order valence-corrected chi connectivity index (χ0v) is 8.56. The fourth-order valence-corrected chi connectivity index (χ4v) is 1.44. The maximum Gasteiger partial charge on any atom is 0.130 e. The van der Waals surface area contributed by atoms with Crippen molar-refractivity contribution in [3.05, 3.63) is 35.4 Å². The molecule has 0 heterocycles. The van der Waals surface area contributed by atoms with E-state index in [4.69, 9.17) is 6.42 Å². The van der Waals surface area contributed by atoms with Crippen LogP contribution in [-0.2, 0) is 0 Å². The summed E-state index contributed by atoms with van der Waals surface area (Å²) in [5, 5.41) is 3.00. The van der Waals surface area contributed by atoms with Crippen LogP contribution in [0, 0.1) is 24.0 Å². The highest BCUT2D eigenvalue weighted by atomic mass is 19.1. The van der Waals surface area contributed by atoms with Crippen molar-refractivity contribution in [2.75, 3.05) is 6.54 Å². The fourth-order valence-electron chi connectivity index (χ4n) is 1.44. The quantitative estimate of drug-likeness (QED) is 0.752. The molecule has 0 saturated heterocycles. The molecule has 0 fully saturated rings. The molecular formula is C12H13F2N. The number of rotatable bonds is 4. The molecule has 0 aliphatic carbocycles. The predicted octanol–water partition coefficient (Wildman–Crippen LogP) is 2.64. The Morgan fingerprint density at radius 3 is 2.73 bits per heavy atom. The summed E-state index contributed by atoms with van der Waals surface area (Å²) in [6.45, 7) is 2.28. The first kappa shape index (κ1) is 11.7. The van der Waals surface area contributed by atoms with Crippen LogP contribution < -0.4 is 5.32 Å². The van der Waals surface area contributed by atoms with Gasteiger partial charge in [0.25, 0.3) is 0 Å². The minimum atomic E-state index is -0.567. The van der Waals surface area contributed by atoms with Crippen molar-refractivity contribution < 1.29 is 8.78 Å². The number of benzene rings is 1. The van der Waals surface area contributed by atoms with Gasteiger partial charge in [0.15, 0.2) is 0 Å². The summed E-state index contributed by atoms with van der Waals surface area (Å²) in [5.74, 6) is 1.32. The molecule has 0 aromatic heterocycles. The second kappa shape index (κ2) is 5.47. The van der Waals surface area contributed by atoms with Gasteiger partial charge in [0.2, 0.25) is 0 Å². The van der Waals surface area contributed by atoms with Gasteiger partial charge in [-0.05, 0) is 12.5 Å².